The van der Waals surface area contributed by atoms with Gasteiger partial charge in [0.2, 0.25) is 5.91 Å². The van der Waals surface area contributed by atoms with Crippen molar-refractivity contribution in [2.75, 3.05) is 13.1 Å². The first-order valence-electron chi connectivity index (χ1n) is 8.77. The number of amides is 1. The third kappa shape index (κ3) is 5.92. The summed E-state index contributed by atoms with van der Waals surface area (Å²) in [5.74, 6) is 1.10. The number of hydrogen-bond donors (Lipinski definition) is 1. The van der Waals surface area contributed by atoms with Crippen molar-refractivity contribution >= 4 is 30.7 Å². The number of likely N-dealkylation sites (tertiary alicyclic amines) is 1. The number of hydrogen-bond acceptors (Lipinski definition) is 4. The Kier molecular flexibility index (Phi) is 9.22. The molecule has 3 rings (SSSR count). The lowest BCUT2D eigenvalue weighted by molar-refractivity contribution is -0.132. The van der Waals surface area contributed by atoms with Gasteiger partial charge in [-0.1, -0.05) is 12.1 Å². The minimum Gasteiger partial charge on any atom is -0.441 e. The van der Waals surface area contributed by atoms with E-state index in [2.05, 4.69) is 4.98 Å². The minimum atomic E-state index is -0.349. The van der Waals surface area contributed by atoms with Crippen molar-refractivity contribution in [1.82, 2.24) is 9.88 Å². The summed E-state index contributed by atoms with van der Waals surface area (Å²) in [6, 6.07) is 6.58. The number of aryl methyl sites for hydroxylation is 1. The van der Waals surface area contributed by atoms with Crippen LogP contribution in [0.2, 0.25) is 0 Å². The van der Waals surface area contributed by atoms with Crippen molar-refractivity contribution in [2.24, 2.45) is 11.7 Å². The van der Waals surface area contributed by atoms with Crippen molar-refractivity contribution < 1.29 is 13.6 Å². The van der Waals surface area contributed by atoms with E-state index in [9.17, 15) is 9.18 Å². The van der Waals surface area contributed by atoms with Crippen LogP contribution in [0, 0.1) is 11.7 Å². The molecule has 150 valence electrons. The number of carbonyl (C=O) groups excluding carboxylic acids is 1. The van der Waals surface area contributed by atoms with Crippen LogP contribution in [0.3, 0.4) is 0 Å². The molecule has 2 heterocycles. The molecular formula is C19H26Cl2FN3O2. The van der Waals surface area contributed by atoms with Gasteiger partial charge in [-0.3, -0.25) is 4.79 Å². The molecule has 1 unspecified atom stereocenters. The van der Waals surface area contributed by atoms with Crippen molar-refractivity contribution in [3.63, 3.8) is 0 Å². The predicted molar refractivity (Wildman–Crippen MR) is 108 cm³/mol. The van der Waals surface area contributed by atoms with E-state index in [4.69, 9.17) is 10.2 Å². The molecule has 1 aliphatic rings. The molecule has 27 heavy (non-hydrogen) atoms. The molecule has 1 fully saturated rings. The van der Waals surface area contributed by atoms with Gasteiger partial charge in [0, 0.05) is 32.0 Å². The molecule has 1 amide bonds. The van der Waals surface area contributed by atoms with Crippen LogP contribution in [0.1, 0.15) is 32.1 Å². The van der Waals surface area contributed by atoms with E-state index in [0.29, 0.717) is 36.0 Å². The van der Waals surface area contributed by atoms with Gasteiger partial charge in [-0.25, -0.2) is 9.37 Å². The number of halogens is 3. The molecule has 8 heteroatoms. The molecule has 1 atom stereocenters. The maximum absolute atomic E-state index is 13.8. The van der Waals surface area contributed by atoms with Gasteiger partial charge in [0.25, 0.3) is 0 Å². The van der Waals surface area contributed by atoms with Crippen molar-refractivity contribution in [3.8, 4) is 11.3 Å². The molecule has 0 saturated carbocycles. The van der Waals surface area contributed by atoms with Crippen LogP contribution in [-0.2, 0) is 11.2 Å². The Balaban J connectivity index is 0.00000182. The molecule has 0 aliphatic carbocycles. The summed E-state index contributed by atoms with van der Waals surface area (Å²) in [6.07, 6.45) is 4.19. The second-order valence-corrected chi connectivity index (χ2v) is 6.68. The van der Waals surface area contributed by atoms with Gasteiger partial charge in [0.05, 0.1) is 11.8 Å². The topological polar surface area (TPSA) is 72.4 Å². The quantitative estimate of drug-likeness (QED) is 0.801. The van der Waals surface area contributed by atoms with Crippen molar-refractivity contribution in [3.05, 3.63) is 42.2 Å². The summed E-state index contributed by atoms with van der Waals surface area (Å²) >= 11 is 0. The predicted octanol–water partition coefficient (Wildman–Crippen LogP) is 3.84. The molecule has 5 nitrogen and oxygen atoms in total. The Labute approximate surface area is 171 Å². The van der Waals surface area contributed by atoms with Crippen LogP contribution in [-0.4, -0.2) is 34.9 Å². The fourth-order valence-electron chi connectivity index (χ4n) is 3.26. The Bertz CT molecular complexity index is 731. The van der Waals surface area contributed by atoms with E-state index in [1.165, 1.54) is 12.3 Å². The highest BCUT2D eigenvalue weighted by atomic mass is 35.5. The van der Waals surface area contributed by atoms with Crippen LogP contribution in [0.4, 0.5) is 4.39 Å². The molecule has 1 aromatic heterocycles. The zero-order valence-corrected chi connectivity index (χ0v) is 16.9. The van der Waals surface area contributed by atoms with E-state index in [1.54, 1.807) is 18.2 Å². The highest BCUT2D eigenvalue weighted by Gasteiger charge is 2.24. The largest absolute Gasteiger partial charge is 0.441 e. The smallest absolute Gasteiger partial charge is 0.223 e. The molecule has 1 aliphatic heterocycles. The van der Waals surface area contributed by atoms with Crippen LogP contribution in [0.15, 0.2) is 34.9 Å². The molecule has 1 aromatic carbocycles. The number of rotatable bonds is 5. The fraction of sp³-hybridized carbons (Fsp3) is 0.474. The molecule has 0 spiro atoms. The molecule has 1 saturated heterocycles. The highest BCUT2D eigenvalue weighted by molar-refractivity contribution is 5.85. The second-order valence-electron chi connectivity index (χ2n) is 6.68. The Morgan fingerprint density at radius 3 is 2.63 bits per heavy atom. The first kappa shape index (κ1) is 23.4. The summed E-state index contributed by atoms with van der Waals surface area (Å²) in [5.41, 5.74) is 6.31. The lowest BCUT2D eigenvalue weighted by atomic mass is 9.91. The van der Waals surface area contributed by atoms with Gasteiger partial charge in [0.1, 0.15) is 5.82 Å². The standard InChI is InChI=1S/C19H24FN3O2.2ClH/c1-13(21)14-8-10-23(11-9-14)19(24)7-6-18-22-12-17(25-18)15-4-2-3-5-16(15)20;;/h2-5,12-14H,6-11,21H2,1H3;2*1H. The number of nitrogens with zero attached hydrogens (tertiary/aromatic N) is 2. The van der Waals surface area contributed by atoms with Gasteiger partial charge in [-0.15, -0.1) is 24.8 Å². The zero-order chi connectivity index (χ0) is 17.8. The maximum atomic E-state index is 13.8. The van der Waals surface area contributed by atoms with E-state index >= 15 is 0 Å². The SMILES string of the molecule is CC(N)C1CCN(C(=O)CCc2ncc(-c3ccccc3F)o2)CC1.Cl.Cl. The fourth-order valence-corrected chi connectivity index (χ4v) is 3.26. The number of oxazole rings is 1. The average molecular weight is 418 g/mol. The van der Waals surface area contributed by atoms with Gasteiger partial charge < -0.3 is 15.1 Å². The Morgan fingerprint density at radius 2 is 2.00 bits per heavy atom. The van der Waals surface area contributed by atoms with E-state index in [0.717, 1.165) is 25.9 Å². The van der Waals surface area contributed by atoms with Crippen molar-refractivity contribution in [1.29, 1.82) is 0 Å². The molecule has 0 bridgehead atoms. The lowest BCUT2D eigenvalue weighted by Crippen LogP contribution is -2.42. The van der Waals surface area contributed by atoms with Crippen LogP contribution >= 0.6 is 24.8 Å². The second kappa shape index (κ2) is 10.6. The van der Waals surface area contributed by atoms with E-state index in [1.807, 2.05) is 11.8 Å². The normalized spacial score (nSPS) is 15.6. The lowest BCUT2D eigenvalue weighted by Gasteiger charge is -2.33. The maximum Gasteiger partial charge on any atom is 0.223 e. The zero-order valence-electron chi connectivity index (χ0n) is 15.3. The van der Waals surface area contributed by atoms with E-state index in [-0.39, 0.29) is 42.6 Å². The average Bonchev–Trinajstić information content (AvgIpc) is 3.09. The summed E-state index contributed by atoms with van der Waals surface area (Å²) in [4.78, 5) is 18.4. The van der Waals surface area contributed by atoms with Crippen LogP contribution in [0.25, 0.3) is 11.3 Å². The Hall–Kier alpha value is -1.63. The van der Waals surface area contributed by atoms with Crippen LogP contribution in [0.5, 0.6) is 0 Å². The highest BCUT2D eigenvalue weighted by Crippen LogP contribution is 2.24. The third-order valence-electron chi connectivity index (χ3n) is 4.88. The summed E-state index contributed by atoms with van der Waals surface area (Å²) in [6.45, 7) is 3.55. The molecule has 2 aromatic rings. The first-order chi connectivity index (χ1) is 12.0. The van der Waals surface area contributed by atoms with Crippen LogP contribution < -0.4 is 5.73 Å². The summed E-state index contributed by atoms with van der Waals surface area (Å²) in [7, 11) is 0. The number of nitrogens with two attached hydrogens (primary N) is 1. The number of piperidine rings is 1. The van der Waals surface area contributed by atoms with Gasteiger partial charge in [-0.05, 0) is 37.8 Å². The molecule has 0 radical (unpaired) electrons. The van der Waals surface area contributed by atoms with Gasteiger partial charge >= 0.3 is 0 Å². The summed E-state index contributed by atoms with van der Waals surface area (Å²) < 4.78 is 19.4. The van der Waals surface area contributed by atoms with Gasteiger partial charge in [0.15, 0.2) is 11.7 Å². The first-order valence-corrected chi connectivity index (χ1v) is 8.77. The minimum absolute atomic E-state index is 0. The molecule has 2 N–H and O–H groups in total. The Morgan fingerprint density at radius 1 is 1.33 bits per heavy atom. The monoisotopic (exact) mass is 417 g/mol. The van der Waals surface area contributed by atoms with E-state index < -0.39 is 0 Å². The number of aromatic nitrogens is 1. The third-order valence-corrected chi connectivity index (χ3v) is 4.88. The van der Waals surface area contributed by atoms with Crippen molar-refractivity contribution in [2.45, 2.75) is 38.6 Å². The molecular weight excluding hydrogens is 392 g/mol. The number of carbonyl (C=O) groups is 1. The van der Waals surface area contributed by atoms with Gasteiger partial charge in [-0.2, -0.15) is 0 Å². The number of benzene rings is 1. The summed E-state index contributed by atoms with van der Waals surface area (Å²) in [5, 5.41) is 0.